The molecule has 0 aromatic heterocycles. The minimum Gasteiger partial charge on any atom is -0.480 e. The van der Waals surface area contributed by atoms with Gasteiger partial charge in [0, 0.05) is 25.2 Å². The molecule has 0 aliphatic carbocycles. The number of nitrogens with zero attached hydrogens (tertiary/aromatic N) is 2. The first-order chi connectivity index (χ1) is 12.2. The smallest absolute Gasteiger partial charge is 0.410 e. The summed E-state index contributed by atoms with van der Waals surface area (Å²) in [4.78, 5) is 38.4. The van der Waals surface area contributed by atoms with Crippen molar-refractivity contribution in [3.63, 3.8) is 0 Å². The lowest BCUT2D eigenvalue weighted by atomic mass is 9.91. The Balaban J connectivity index is 1.82. The Morgan fingerprint density at radius 1 is 1.23 bits per heavy atom. The maximum absolute atomic E-state index is 12.3. The Labute approximate surface area is 155 Å². The fourth-order valence-electron chi connectivity index (χ4n) is 3.36. The van der Waals surface area contributed by atoms with Crippen LogP contribution in [-0.2, 0) is 14.3 Å². The first-order valence-corrected chi connectivity index (χ1v) is 9.34. The molecule has 0 atom stereocenters. The fraction of sp³-hybridized carbons (Fsp3) is 0.737. The minimum atomic E-state index is -0.978. The molecule has 0 aromatic rings. The Hall–Kier alpha value is -2.05. The molecule has 7 nitrogen and oxygen atoms in total. The van der Waals surface area contributed by atoms with Gasteiger partial charge in [-0.3, -0.25) is 9.59 Å². The Bertz CT molecular complexity index is 571. The van der Waals surface area contributed by atoms with E-state index < -0.39 is 11.6 Å². The molecule has 2 heterocycles. The van der Waals surface area contributed by atoms with Gasteiger partial charge in [-0.15, -0.1) is 0 Å². The number of carbonyl (C=O) groups is 3. The number of amides is 2. The molecule has 146 valence electrons. The summed E-state index contributed by atoms with van der Waals surface area (Å²) in [7, 11) is 0. The fourth-order valence-corrected chi connectivity index (χ4v) is 3.36. The van der Waals surface area contributed by atoms with Crippen LogP contribution in [-0.4, -0.2) is 64.7 Å². The number of likely N-dealkylation sites (tertiary alicyclic amines) is 2. The molecule has 2 saturated heterocycles. The maximum atomic E-state index is 12.3. The van der Waals surface area contributed by atoms with Gasteiger partial charge in [0.15, 0.2) is 0 Å². The predicted molar refractivity (Wildman–Crippen MR) is 96.7 cm³/mol. The van der Waals surface area contributed by atoms with Crippen LogP contribution in [0.3, 0.4) is 0 Å². The third kappa shape index (κ3) is 6.04. The quantitative estimate of drug-likeness (QED) is 0.773. The lowest BCUT2D eigenvalue weighted by Crippen LogP contribution is -2.42. The zero-order valence-electron chi connectivity index (χ0n) is 16.0. The van der Waals surface area contributed by atoms with Gasteiger partial charge < -0.3 is 19.6 Å². The molecule has 2 fully saturated rings. The molecule has 26 heavy (non-hydrogen) atoms. The highest BCUT2D eigenvalue weighted by molar-refractivity contribution is 5.95. The van der Waals surface area contributed by atoms with Gasteiger partial charge in [-0.25, -0.2) is 4.79 Å². The van der Waals surface area contributed by atoms with E-state index >= 15 is 0 Å². The van der Waals surface area contributed by atoms with Crippen molar-refractivity contribution < 1.29 is 24.2 Å². The lowest BCUT2D eigenvalue weighted by Gasteiger charge is -2.33. The average molecular weight is 366 g/mol. The topological polar surface area (TPSA) is 87.2 Å². The molecule has 0 radical (unpaired) electrons. The predicted octanol–water partition coefficient (Wildman–Crippen LogP) is 2.66. The van der Waals surface area contributed by atoms with Crippen molar-refractivity contribution in [2.75, 3.05) is 26.2 Å². The summed E-state index contributed by atoms with van der Waals surface area (Å²) in [6.45, 7) is 7.20. The van der Waals surface area contributed by atoms with Crippen LogP contribution in [0.15, 0.2) is 11.6 Å². The molecule has 2 rings (SSSR count). The summed E-state index contributed by atoms with van der Waals surface area (Å²) in [5, 5.41) is 8.89. The van der Waals surface area contributed by atoms with E-state index in [1.807, 2.05) is 26.8 Å². The van der Waals surface area contributed by atoms with Gasteiger partial charge in [0.25, 0.3) is 0 Å². The summed E-state index contributed by atoms with van der Waals surface area (Å²) in [6, 6.07) is 0. The van der Waals surface area contributed by atoms with Crippen LogP contribution in [0.4, 0.5) is 4.79 Å². The Morgan fingerprint density at radius 2 is 1.88 bits per heavy atom. The molecule has 2 amide bonds. The van der Waals surface area contributed by atoms with Crippen molar-refractivity contribution in [3.8, 4) is 0 Å². The van der Waals surface area contributed by atoms with E-state index in [1.54, 1.807) is 4.90 Å². The molecule has 0 unspecified atom stereocenters. The third-order valence-electron chi connectivity index (χ3n) is 4.73. The van der Waals surface area contributed by atoms with Crippen molar-refractivity contribution in [2.24, 2.45) is 5.92 Å². The Morgan fingerprint density at radius 3 is 2.46 bits per heavy atom. The molecule has 0 saturated carbocycles. The monoisotopic (exact) mass is 366 g/mol. The largest absolute Gasteiger partial charge is 0.480 e. The average Bonchev–Trinajstić information content (AvgIpc) is 2.54. The van der Waals surface area contributed by atoms with Crippen molar-refractivity contribution in [1.82, 2.24) is 9.80 Å². The van der Waals surface area contributed by atoms with E-state index in [4.69, 9.17) is 9.84 Å². The van der Waals surface area contributed by atoms with E-state index in [9.17, 15) is 14.4 Å². The Kier molecular flexibility index (Phi) is 6.67. The van der Waals surface area contributed by atoms with E-state index in [1.165, 1.54) is 4.90 Å². The standard InChI is InChI=1S/C19H30N2O5/c1-19(2,3)26-18(25)20-11-8-14(9-12-20)6-7-15-5-4-10-21(17(15)24)13-16(22)23/h7,14H,4-6,8-13H2,1-3H3,(H,22,23)/b15-7-. The third-order valence-corrected chi connectivity index (χ3v) is 4.73. The van der Waals surface area contributed by atoms with Gasteiger partial charge in [-0.1, -0.05) is 6.08 Å². The summed E-state index contributed by atoms with van der Waals surface area (Å²) in [5.74, 6) is -0.692. The number of carboxylic acids is 1. The number of aliphatic carboxylic acids is 1. The van der Waals surface area contributed by atoms with Crippen LogP contribution in [0.5, 0.6) is 0 Å². The van der Waals surface area contributed by atoms with E-state index in [0.29, 0.717) is 32.0 Å². The molecule has 0 aromatic carbocycles. The van der Waals surface area contributed by atoms with E-state index in [0.717, 1.165) is 31.3 Å². The number of carboxylic acid groups (broad SMARTS) is 1. The minimum absolute atomic E-state index is 0.148. The maximum Gasteiger partial charge on any atom is 0.410 e. The van der Waals surface area contributed by atoms with Crippen molar-refractivity contribution in [3.05, 3.63) is 11.6 Å². The second-order valence-corrected chi connectivity index (χ2v) is 8.10. The second kappa shape index (κ2) is 8.56. The highest BCUT2D eigenvalue weighted by atomic mass is 16.6. The van der Waals surface area contributed by atoms with Gasteiger partial charge in [-0.2, -0.15) is 0 Å². The molecule has 0 bridgehead atoms. The van der Waals surface area contributed by atoms with Crippen LogP contribution in [0, 0.1) is 5.92 Å². The molecular weight excluding hydrogens is 336 g/mol. The first kappa shape index (κ1) is 20.3. The van der Waals surface area contributed by atoms with Crippen LogP contribution in [0.1, 0.15) is 52.9 Å². The van der Waals surface area contributed by atoms with Crippen LogP contribution >= 0.6 is 0 Å². The SMILES string of the molecule is CC(C)(C)OC(=O)N1CCC(C/C=C2/CCCN(CC(=O)O)C2=O)CC1. The van der Waals surface area contributed by atoms with Crippen molar-refractivity contribution >= 4 is 18.0 Å². The number of piperidine rings is 2. The molecule has 1 N–H and O–H groups in total. The zero-order valence-corrected chi connectivity index (χ0v) is 16.0. The number of hydrogen-bond acceptors (Lipinski definition) is 4. The number of carbonyl (C=O) groups excluding carboxylic acids is 2. The molecule has 7 heteroatoms. The molecular formula is C19H30N2O5. The first-order valence-electron chi connectivity index (χ1n) is 9.34. The normalized spacial score (nSPS) is 21.2. The van der Waals surface area contributed by atoms with Crippen molar-refractivity contribution in [1.29, 1.82) is 0 Å². The van der Waals surface area contributed by atoms with E-state index in [2.05, 4.69) is 0 Å². The number of ether oxygens (including phenoxy) is 1. The summed E-state index contributed by atoms with van der Waals surface area (Å²) in [5.41, 5.74) is 0.244. The van der Waals surface area contributed by atoms with Crippen LogP contribution < -0.4 is 0 Å². The lowest BCUT2D eigenvalue weighted by molar-refractivity contribution is -0.143. The number of allylic oxidation sites excluding steroid dienone is 1. The highest BCUT2D eigenvalue weighted by Crippen LogP contribution is 2.25. The number of rotatable bonds is 4. The molecule has 0 spiro atoms. The molecule has 2 aliphatic rings. The van der Waals surface area contributed by atoms with Gasteiger partial charge >= 0.3 is 12.1 Å². The molecule has 2 aliphatic heterocycles. The van der Waals surface area contributed by atoms with Gasteiger partial charge in [0.1, 0.15) is 12.1 Å². The van der Waals surface area contributed by atoms with Gasteiger partial charge in [0.05, 0.1) is 0 Å². The van der Waals surface area contributed by atoms with Crippen molar-refractivity contribution in [2.45, 2.75) is 58.5 Å². The highest BCUT2D eigenvalue weighted by Gasteiger charge is 2.28. The van der Waals surface area contributed by atoms with Gasteiger partial charge in [-0.05, 0) is 58.8 Å². The summed E-state index contributed by atoms with van der Waals surface area (Å²) >= 11 is 0. The van der Waals surface area contributed by atoms with Gasteiger partial charge in [0.2, 0.25) is 5.91 Å². The van der Waals surface area contributed by atoms with Crippen LogP contribution in [0.25, 0.3) is 0 Å². The zero-order chi connectivity index (χ0) is 19.3. The summed E-state index contributed by atoms with van der Waals surface area (Å²) in [6.07, 6.45) is 5.80. The van der Waals surface area contributed by atoms with E-state index in [-0.39, 0.29) is 18.5 Å². The summed E-state index contributed by atoms with van der Waals surface area (Å²) < 4.78 is 5.40. The van der Waals surface area contributed by atoms with Crippen LogP contribution in [0.2, 0.25) is 0 Å². The number of hydrogen-bond donors (Lipinski definition) is 1. The second-order valence-electron chi connectivity index (χ2n) is 8.10.